The van der Waals surface area contributed by atoms with Gasteiger partial charge in [0.25, 0.3) is 0 Å². The number of nitrogens with zero attached hydrogens (tertiary/aromatic N) is 2. The molecule has 0 radical (unpaired) electrons. The van der Waals surface area contributed by atoms with Crippen LogP contribution in [0.4, 0.5) is 5.82 Å². The SMILES string of the molecule is CCc1nc(-c2cc3c(cc2OC)CCC3)c(CC)nc1NC(C)CCNC(N)=S. The molecule has 6 nitrogen and oxygen atoms in total. The lowest BCUT2D eigenvalue weighted by molar-refractivity contribution is 0.415. The monoisotopic (exact) mass is 427 g/mol. The first kappa shape index (κ1) is 22.3. The Morgan fingerprint density at radius 3 is 2.50 bits per heavy atom. The minimum absolute atomic E-state index is 0.219. The number of hydrogen-bond acceptors (Lipinski definition) is 5. The number of aromatic nitrogens is 2. The highest BCUT2D eigenvalue weighted by molar-refractivity contribution is 7.80. The number of hydrogen-bond donors (Lipinski definition) is 3. The van der Waals surface area contributed by atoms with Gasteiger partial charge in [-0.25, -0.2) is 9.97 Å². The molecule has 2 aromatic rings. The number of nitrogens with one attached hydrogen (secondary N) is 2. The second-order valence-corrected chi connectivity index (χ2v) is 8.26. The minimum Gasteiger partial charge on any atom is -0.496 e. The van der Waals surface area contributed by atoms with Gasteiger partial charge >= 0.3 is 0 Å². The van der Waals surface area contributed by atoms with Gasteiger partial charge in [0.2, 0.25) is 0 Å². The Kier molecular flexibility index (Phi) is 7.48. The summed E-state index contributed by atoms with van der Waals surface area (Å²) in [5.74, 6) is 1.75. The first-order valence-electron chi connectivity index (χ1n) is 10.9. The molecule has 0 amide bonds. The highest BCUT2D eigenvalue weighted by Gasteiger charge is 2.21. The number of rotatable bonds is 9. The molecule has 30 heavy (non-hydrogen) atoms. The summed E-state index contributed by atoms with van der Waals surface area (Å²) >= 11 is 4.87. The molecule has 7 heteroatoms. The molecule has 0 bridgehead atoms. The van der Waals surface area contributed by atoms with E-state index in [1.807, 2.05) is 0 Å². The molecule has 1 unspecified atom stereocenters. The van der Waals surface area contributed by atoms with E-state index in [1.54, 1.807) is 7.11 Å². The van der Waals surface area contributed by atoms with Crippen LogP contribution < -0.4 is 21.1 Å². The van der Waals surface area contributed by atoms with E-state index >= 15 is 0 Å². The Balaban J connectivity index is 1.93. The molecule has 1 aliphatic rings. The van der Waals surface area contributed by atoms with Crippen molar-refractivity contribution < 1.29 is 4.74 Å². The molecule has 4 N–H and O–H groups in total. The molecule has 1 aromatic carbocycles. The van der Waals surface area contributed by atoms with E-state index in [2.05, 4.69) is 43.5 Å². The van der Waals surface area contributed by atoms with Crippen LogP contribution in [-0.2, 0) is 25.7 Å². The van der Waals surface area contributed by atoms with Crippen molar-refractivity contribution in [3.63, 3.8) is 0 Å². The number of methoxy groups -OCH3 is 1. The van der Waals surface area contributed by atoms with E-state index in [0.29, 0.717) is 5.11 Å². The molecule has 0 spiro atoms. The van der Waals surface area contributed by atoms with Crippen LogP contribution >= 0.6 is 12.2 Å². The largest absolute Gasteiger partial charge is 0.496 e. The normalized spacial score (nSPS) is 13.6. The van der Waals surface area contributed by atoms with Crippen molar-refractivity contribution in [2.45, 2.75) is 65.3 Å². The predicted molar refractivity (Wildman–Crippen MR) is 127 cm³/mol. The zero-order valence-corrected chi connectivity index (χ0v) is 19.3. The molecule has 0 fully saturated rings. The zero-order chi connectivity index (χ0) is 21.7. The van der Waals surface area contributed by atoms with Crippen LogP contribution in [0.2, 0.25) is 0 Å². The van der Waals surface area contributed by atoms with Crippen molar-refractivity contribution in [2.75, 3.05) is 19.0 Å². The van der Waals surface area contributed by atoms with Crippen LogP contribution in [0.25, 0.3) is 11.3 Å². The van der Waals surface area contributed by atoms with Crippen LogP contribution in [0.3, 0.4) is 0 Å². The molecule has 1 atom stereocenters. The third-order valence-corrected chi connectivity index (χ3v) is 5.78. The van der Waals surface area contributed by atoms with Crippen molar-refractivity contribution in [2.24, 2.45) is 5.73 Å². The second-order valence-electron chi connectivity index (χ2n) is 7.82. The fourth-order valence-corrected chi connectivity index (χ4v) is 4.10. The number of aryl methyl sites for hydroxylation is 4. The maximum absolute atomic E-state index is 5.75. The minimum atomic E-state index is 0.219. The number of fused-ring (bicyclic) bond motifs is 1. The maximum Gasteiger partial charge on any atom is 0.163 e. The highest BCUT2D eigenvalue weighted by atomic mass is 32.1. The predicted octanol–water partition coefficient (Wildman–Crippen LogP) is 3.79. The van der Waals surface area contributed by atoms with E-state index in [0.717, 1.165) is 72.9 Å². The lowest BCUT2D eigenvalue weighted by Gasteiger charge is -2.20. The summed E-state index contributed by atoms with van der Waals surface area (Å²) in [4.78, 5) is 10.1. The summed E-state index contributed by atoms with van der Waals surface area (Å²) < 4.78 is 5.75. The molecule has 0 saturated carbocycles. The lowest BCUT2D eigenvalue weighted by Crippen LogP contribution is -2.32. The molecule has 3 rings (SSSR count). The van der Waals surface area contributed by atoms with E-state index in [9.17, 15) is 0 Å². The zero-order valence-electron chi connectivity index (χ0n) is 18.5. The van der Waals surface area contributed by atoms with Gasteiger partial charge in [-0.3, -0.25) is 0 Å². The Morgan fingerprint density at radius 1 is 1.17 bits per heavy atom. The quantitative estimate of drug-likeness (QED) is 0.525. The lowest BCUT2D eigenvalue weighted by atomic mass is 10.0. The van der Waals surface area contributed by atoms with Gasteiger partial charge < -0.3 is 21.1 Å². The summed E-state index contributed by atoms with van der Waals surface area (Å²) in [7, 11) is 1.73. The van der Waals surface area contributed by atoms with E-state index in [4.69, 9.17) is 32.7 Å². The van der Waals surface area contributed by atoms with Gasteiger partial charge in [-0.2, -0.15) is 0 Å². The Morgan fingerprint density at radius 2 is 1.87 bits per heavy atom. The van der Waals surface area contributed by atoms with Crippen LogP contribution in [0.1, 0.15) is 56.1 Å². The molecular formula is C23H33N5OS. The van der Waals surface area contributed by atoms with Crippen LogP contribution in [0.15, 0.2) is 12.1 Å². The fourth-order valence-electron chi connectivity index (χ4n) is 4.00. The van der Waals surface area contributed by atoms with Crippen molar-refractivity contribution in [1.29, 1.82) is 0 Å². The Labute approximate surface area is 185 Å². The maximum atomic E-state index is 5.75. The van der Waals surface area contributed by atoms with Gasteiger partial charge in [-0.05, 0) is 80.9 Å². The molecule has 162 valence electrons. The summed E-state index contributed by atoms with van der Waals surface area (Å²) in [5, 5.41) is 6.86. The van der Waals surface area contributed by atoms with Crippen molar-refractivity contribution in [1.82, 2.24) is 15.3 Å². The van der Waals surface area contributed by atoms with Crippen LogP contribution in [-0.4, -0.2) is 34.8 Å². The van der Waals surface area contributed by atoms with Crippen molar-refractivity contribution in [3.05, 3.63) is 34.6 Å². The standard InChI is InChI=1S/C23H33N5OS/c1-5-18-21(17-12-15-8-7-9-16(15)13-20(17)29-4)27-19(6-2)22(28-18)26-14(3)10-11-25-23(24)30/h12-14H,5-11H2,1-4H3,(H,26,28)(H3,24,25,30). The molecule has 1 aromatic heterocycles. The first-order chi connectivity index (χ1) is 14.5. The van der Waals surface area contributed by atoms with Gasteiger partial charge in [0, 0.05) is 18.2 Å². The van der Waals surface area contributed by atoms with Gasteiger partial charge in [-0.1, -0.05) is 13.8 Å². The Bertz CT molecular complexity index is 915. The summed E-state index contributed by atoms with van der Waals surface area (Å²) in [6, 6.07) is 4.67. The smallest absolute Gasteiger partial charge is 0.163 e. The number of ether oxygens (including phenoxy) is 1. The molecule has 0 saturated heterocycles. The average molecular weight is 428 g/mol. The number of thiocarbonyl (C=S) groups is 1. The van der Waals surface area contributed by atoms with Crippen LogP contribution in [0, 0.1) is 0 Å². The number of anilines is 1. The summed E-state index contributed by atoms with van der Waals surface area (Å²) in [6.45, 7) is 7.09. The Hall–Kier alpha value is -2.41. The molecular weight excluding hydrogens is 394 g/mol. The average Bonchev–Trinajstić information content (AvgIpc) is 3.19. The van der Waals surface area contributed by atoms with E-state index in [-0.39, 0.29) is 6.04 Å². The first-order valence-corrected chi connectivity index (χ1v) is 11.3. The second kappa shape index (κ2) is 10.1. The van der Waals surface area contributed by atoms with E-state index < -0.39 is 0 Å². The van der Waals surface area contributed by atoms with Gasteiger partial charge in [0.1, 0.15) is 11.6 Å². The van der Waals surface area contributed by atoms with Gasteiger partial charge in [-0.15, -0.1) is 0 Å². The fraction of sp³-hybridized carbons (Fsp3) is 0.522. The van der Waals surface area contributed by atoms with E-state index in [1.165, 1.54) is 17.5 Å². The third kappa shape index (κ3) is 5.01. The molecule has 1 heterocycles. The summed E-state index contributed by atoms with van der Waals surface area (Å²) in [6.07, 6.45) is 5.95. The van der Waals surface area contributed by atoms with Crippen LogP contribution in [0.5, 0.6) is 5.75 Å². The summed E-state index contributed by atoms with van der Waals surface area (Å²) in [5.41, 5.74) is 12.3. The third-order valence-electron chi connectivity index (χ3n) is 5.64. The van der Waals surface area contributed by atoms with Crippen molar-refractivity contribution in [3.8, 4) is 17.0 Å². The number of nitrogens with two attached hydrogens (primary N) is 1. The van der Waals surface area contributed by atoms with Gasteiger partial charge in [0.15, 0.2) is 5.11 Å². The van der Waals surface area contributed by atoms with Crippen molar-refractivity contribution >= 4 is 23.1 Å². The molecule has 0 aliphatic heterocycles. The molecule has 1 aliphatic carbocycles. The number of benzene rings is 1. The topological polar surface area (TPSA) is 85.1 Å². The van der Waals surface area contributed by atoms with Gasteiger partial charge in [0.05, 0.1) is 24.2 Å². The highest BCUT2D eigenvalue weighted by Crippen LogP contribution is 2.37.